The number of hydrogen-bond donors (Lipinski definition) is 0. The second-order valence-electron chi connectivity index (χ2n) is 5.77. The van der Waals surface area contributed by atoms with Crippen LogP contribution in [0.5, 0.6) is 5.75 Å². The van der Waals surface area contributed by atoms with Crippen LogP contribution < -0.4 is 4.74 Å². The van der Waals surface area contributed by atoms with Gasteiger partial charge in [-0.15, -0.1) is 0 Å². The lowest BCUT2D eigenvalue weighted by atomic mass is 10.1. The van der Waals surface area contributed by atoms with Gasteiger partial charge in [-0.3, -0.25) is 0 Å². The van der Waals surface area contributed by atoms with E-state index in [4.69, 9.17) is 9.47 Å². The molecule has 2 aromatic carbocycles. The fourth-order valence-electron chi connectivity index (χ4n) is 2.36. The summed E-state index contributed by atoms with van der Waals surface area (Å²) in [6.07, 6.45) is 4.99. The Balaban J connectivity index is 1.89. The molecule has 2 nitrogen and oxygen atoms in total. The molecule has 0 fully saturated rings. The number of benzene rings is 2. The summed E-state index contributed by atoms with van der Waals surface area (Å²) in [5.41, 5.74) is 3.43. The second kappa shape index (κ2) is 10.5. The maximum atomic E-state index is 5.54. The van der Waals surface area contributed by atoms with Crippen LogP contribution in [0.1, 0.15) is 42.9 Å². The summed E-state index contributed by atoms with van der Waals surface area (Å²) in [4.78, 5) is 0. The minimum atomic E-state index is 0.562. The van der Waals surface area contributed by atoms with E-state index in [9.17, 15) is 0 Å². The summed E-state index contributed by atoms with van der Waals surface area (Å²) in [5, 5.41) is 0. The fraction of sp³-hybridized carbons (Fsp3) is 0.364. The third-order valence-corrected chi connectivity index (χ3v) is 3.78. The van der Waals surface area contributed by atoms with Crippen molar-refractivity contribution in [3.8, 4) is 17.6 Å². The minimum Gasteiger partial charge on any atom is -0.491 e. The SMILES string of the molecule is CCCCCc1ccc(C#Cc2ccc(OCCOC)cc2)cc1. The zero-order valence-corrected chi connectivity index (χ0v) is 14.7. The van der Waals surface area contributed by atoms with Crippen molar-refractivity contribution in [2.45, 2.75) is 32.6 Å². The molecule has 0 aromatic heterocycles. The fourth-order valence-corrected chi connectivity index (χ4v) is 2.36. The Morgan fingerprint density at radius 3 is 2.00 bits per heavy atom. The highest BCUT2D eigenvalue weighted by molar-refractivity contribution is 5.44. The monoisotopic (exact) mass is 322 g/mol. The maximum Gasteiger partial charge on any atom is 0.119 e. The Morgan fingerprint density at radius 1 is 0.792 bits per heavy atom. The molecule has 0 aliphatic rings. The van der Waals surface area contributed by atoms with Gasteiger partial charge in [-0.2, -0.15) is 0 Å². The molecule has 2 heteroatoms. The van der Waals surface area contributed by atoms with Crippen molar-refractivity contribution in [2.75, 3.05) is 20.3 Å². The summed E-state index contributed by atoms with van der Waals surface area (Å²) in [6.45, 7) is 3.39. The Kier molecular flexibility index (Phi) is 7.93. The first-order valence-electron chi connectivity index (χ1n) is 8.64. The third kappa shape index (κ3) is 6.48. The summed E-state index contributed by atoms with van der Waals surface area (Å²) < 4.78 is 10.5. The van der Waals surface area contributed by atoms with Gasteiger partial charge in [0.15, 0.2) is 0 Å². The van der Waals surface area contributed by atoms with Crippen LogP contribution in [0.15, 0.2) is 48.5 Å². The second-order valence-corrected chi connectivity index (χ2v) is 5.77. The molecule has 2 aromatic rings. The Morgan fingerprint density at radius 2 is 1.42 bits per heavy atom. The Bertz CT molecular complexity index is 588. The van der Waals surface area contributed by atoms with Crippen LogP contribution in [0.4, 0.5) is 0 Å². The maximum absolute atomic E-state index is 5.54. The zero-order valence-electron chi connectivity index (χ0n) is 14.7. The molecular weight excluding hydrogens is 296 g/mol. The highest BCUT2D eigenvalue weighted by atomic mass is 16.5. The summed E-state index contributed by atoms with van der Waals surface area (Å²) in [5.74, 6) is 7.26. The molecule has 0 unspecified atom stereocenters. The van der Waals surface area contributed by atoms with Gasteiger partial charge in [0.25, 0.3) is 0 Å². The van der Waals surface area contributed by atoms with Crippen LogP contribution in [0.25, 0.3) is 0 Å². The van der Waals surface area contributed by atoms with Gasteiger partial charge >= 0.3 is 0 Å². The van der Waals surface area contributed by atoms with Crippen molar-refractivity contribution in [1.82, 2.24) is 0 Å². The number of aryl methyl sites for hydroxylation is 1. The first-order valence-corrected chi connectivity index (χ1v) is 8.64. The molecule has 0 bridgehead atoms. The molecule has 0 atom stereocenters. The number of rotatable bonds is 8. The summed E-state index contributed by atoms with van der Waals surface area (Å²) >= 11 is 0. The summed E-state index contributed by atoms with van der Waals surface area (Å²) in [6, 6.07) is 16.4. The molecule has 0 saturated heterocycles. The number of ether oxygens (including phenoxy) is 2. The van der Waals surface area contributed by atoms with Crippen molar-refractivity contribution in [1.29, 1.82) is 0 Å². The van der Waals surface area contributed by atoms with E-state index in [1.165, 1.54) is 24.8 Å². The lowest BCUT2D eigenvalue weighted by Gasteiger charge is -2.04. The highest BCUT2D eigenvalue weighted by Gasteiger charge is 1.95. The smallest absolute Gasteiger partial charge is 0.119 e. The average molecular weight is 322 g/mol. The van der Waals surface area contributed by atoms with Gasteiger partial charge in [-0.25, -0.2) is 0 Å². The predicted octanol–water partition coefficient (Wildman–Crippen LogP) is 4.84. The lowest BCUT2D eigenvalue weighted by Crippen LogP contribution is -2.03. The van der Waals surface area contributed by atoms with Crippen molar-refractivity contribution in [2.24, 2.45) is 0 Å². The molecule has 0 aliphatic carbocycles. The van der Waals surface area contributed by atoms with E-state index in [0.29, 0.717) is 13.2 Å². The molecule has 0 N–H and O–H groups in total. The van der Waals surface area contributed by atoms with Crippen molar-refractivity contribution < 1.29 is 9.47 Å². The van der Waals surface area contributed by atoms with Gasteiger partial charge in [0.2, 0.25) is 0 Å². The molecule has 0 aliphatic heterocycles. The van der Waals surface area contributed by atoms with E-state index < -0.39 is 0 Å². The molecule has 0 heterocycles. The van der Waals surface area contributed by atoms with Gasteiger partial charge in [0.05, 0.1) is 6.61 Å². The Hall–Kier alpha value is -2.24. The number of methoxy groups -OCH3 is 1. The van der Waals surface area contributed by atoms with Crippen LogP contribution in [-0.2, 0) is 11.2 Å². The standard InChI is InChI=1S/C22H26O2/c1-3-4-5-6-19-7-9-20(10-8-19)11-12-21-13-15-22(16-14-21)24-18-17-23-2/h7-10,13-16H,3-6,17-18H2,1-2H3. The molecule has 126 valence electrons. The quantitative estimate of drug-likeness (QED) is 0.511. The third-order valence-electron chi connectivity index (χ3n) is 3.78. The van der Waals surface area contributed by atoms with Crippen molar-refractivity contribution >= 4 is 0 Å². The molecule has 24 heavy (non-hydrogen) atoms. The van der Waals surface area contributed by atoms with Gasteiger partial charge in [-0.05, 0) is 54.8 Å². The van der Waals surface area contributed by atoms with Crippen LogP contribution >= 0.6 is 0 Å². The molecular formula is C22H26O2. The van der Waals surface area contributed by atoms with E-state index >= 15 is 0 Å². The van der Waals surface area contributed by atoms with Crippen LogP contribution in [0, 0.1) is 11.8 Å². The molecule has 0 radical (unpaired) electrons. The minimum absolute atomic E-state index is 0.562. The first kappa shape index (κ1) is 18.1. The van der Waals surface area contributed by atoms with Crippen LogP contribution in [0.2, 0.25) is 0 Å². The zero-order chi connectivity index (χ0) is 17.0. The van der Waals surface area contributed by atoms with E-state index in [0.717, 1.165) is 23.3 Å². The number of unbranched alkanes of at least 4 members (excludes halogenated alkanes) is 2. The average Bonchev–Trinajstić information content (AvgIpc) is 2.63. The van der Waals surface area contributed by atoms with E-state index in [-0.39, 0.29) is 0 Å². The predicted molar refractivity (Wildman–Crippen MR) is 99.5 cm³/mol. The molecule has 2 rings (SSSR count). The van der Waals surface area contributed by atoms with E-state index in [2.05, 4.69) is 43.0 Å². The highest BCUT2D eigenvalue weighted by Crippen LogP contribution is 2.12. The van der Waals surface area contributed by atoms with Gasteiger partial charge in [-0.1, -0.05) is 43.7 Å². The molecule has 0 saturated carbocycles. The topological polar surface area (TPSA) is 18.5 Å². The van der Waals surface area contributed by atoms with Gasteiger partial charge in [0.1, 0.15) is 12.4 Å². The van der Waals surface area contributed by atoms with Crippen molar-refractivity contribution in [3.05, 3.63) is 65.2 Å². The Labute approximate surface area is 145 Å². The van der Waals surface area contributed by atoms with E-state index in [1.54, 1.807) is 7.11 Å². The van der Waals surface area contributed by atoms with Crippen LogP contribution in [0.3, 0.4) is 0 Å². The van der Waals surface area contributed by atoms with E-state index in [1.807, 2.05) is 24.3 Å². The largest absolute Gasteiger partial charge is 0.491 e. The van der Waals surface area contributed by atoms with Gasteiger partial charge in [0, 0.05) is 18.2 Å². The van der Waals surface area contributed by atoms with Crippen LogP contribution in [-0.4, -0.2) is 20.3 Å². The number of hydrogen-bond acceptors (Lipinski definition) is 2. The van der Waals surface area contributed by atoms with Crippen molar-refractivity contribution in [3.63, 3.8) is 0 Å². The normalized spacial score (nSPS) is 10.1. The van der Waals surface area contributed by atoms with Gasteiger partial charge < -0.3 is 9.47 Å². The molecule has 0 amide bonds. The first-order chi connectivity index (χ1) is 11.8. The lowest BCUT2D eigenvalue weighted by molar-refractivity contribution is 0.146. The molecule has 0 spiro atoms. The summed E-state index contributed by atoms with van der Waals surface area (Å²) in [7, 11) is 1.67.